The highest BCUT2D eigenvalue weighted by Crippen LogP contribution is 2.28. The van der Waals surface area contributed by atoms with Gasteiger partial charge in [-0.3, -0.25) is 9.59 Å². The molecule has 0 saturated carbocycles. The van der Waals surface area contributed by atoms with E-state index < -0.39 is 0 Å². The maximum absolute atomic E-state index is 12.5. The van der Waals surface area contributed by atoms with Crippen molar-refractivity contribution in [3.05, 3.63) is 0 Å². The van der Waals surface area contributed by atoms with Gasteiger partial charge in [-0.15, -0.1) is 0 Å². The molecule has 1 saturated heterocycles. The van der Waals surface area contributed by atoms with Crippen molar-refractivity contribution in [2.75, 3.05) is 18.6 Å². The van der Waals surface area contributed by atoms with Crippen molar-refractivity contribution in [2.24, 2.45) is 5.41 Å². The Kier molecular flexibility index (Phi) is 5.71. The molecule has 5 heteroatoms. The molecule has 110 valence electrons. The average molecular weight is 286 g/mol. The summed E-state index contributed by atoms with van der Waals surface area (Å²) in [6.45, 7) is 8.64. The fraction of sp³-hybridized carbons (Fsp3) is 0.857. The molecule has 2 unspecified atom stereocenters. The van der Waals surface area contributed by atoms with E-state index in [1.165, 1.54) is 0 Å². The number of nitrogens with one attached hydrogen (secondary N) is 1. The highest BCUT2D eigenvalue weighted by Gasteiger charge is 2.45. The maximum atomic E-state index is 12.5. The zero-order valence-electron chi connectivity index (χ0n) is 12.7. The number of carbonyl (C=O) groups is 2. The van der Waals surface area contributed by atoms with E-state index in [0.29, 0.717) is 13.0 Å². The van der Waals surface area contributed by atoms with Gasteiger partial charge in [0.25, 0.3) is 0 Å². The third kappa shape index (κ3) is 3.88. The maximum Gasteiger partial charge on any atom is 0.245 e. The first kappa shape index (κ1) is 16.3. The van der Waals surface area contributed by atoms with Gasteiger partial charge in [-0.25, -0.2) is 0 Å². The molecule has 4 nitrogen and oxygen atoms in total. The van der Waals surface area contributed by atoms with Crippen molar-refractivity contribution in [1.29, 1.82) is 0 Å². The molecule has 1 rings (SSSR count). The zero-order valence-corrected chi connectivity index (χ0v) is 13.5. The van der Waals surface area contributed by atoms with Crippen LogP contribution in [0, 0.1) is 5.41 Å². The fourth-order valence-corrected chi connectivity index (χ4v) is 2.96. The first-order valence-corrected chi connectivity index (χ1v) is 8.32. The quantitative estimate of drug-likeness (QED) is 0.785. The molecule has 1 aliphatic rings. The Morgan fingerprint density at radius 2 is 1.95 bits per heavy atom. The van der Waals surface area contributed by atoms with Crippen LogP contribution in [0.15, 0.2) is 0 Å². The molecule has 1 heterocycles. The molecule has 2 atom stereocenters. The standard InChI is InChI=1S/C14H26N2O2S/c1-6-10-13(18)16(8-7-9-19-5)11(12(17)15-10)14(2,3)4/h10-11H,6-9H2,1-5H3,(H,15,17). The van der Waals surface area contributed by atoms with Crippen LogP contribution in [0.3, 0.4) is 0 Å². The summed E-state index contributed by atoms with van der Waals surface area (Å²) in [6, 6.07) is -0.704. The Morgan fingerprint density at radius 1 is 1.32 bits per heavy atom. The molecule has 1 fully saturated rings. The van der Waals surface area contributed by atoms with E-state index in [4.69, 9.17) is 0 Å². The number of thioether (sulfide) groups is 1. The number of piperazine rings is 1. The number of hydrogen-bond acceptors (Lipinski definition) is 3. The number of rotatable bonds is 5. The molecule has 0 aliphatic carbocycles. The Morgan fingerprint density at radius 3 is 2.42 bits per heavy atom. The lowest BCUT2D eigenvalue weighted by Crippen LogP contribution is -2.66. The molecule has 19 heavy (non-hydrogen) atoms. The third-order valence-corrected chi connectivity index (χ3v) is 4.13. The van der Waals surface area contributed by atoms with Crippen LogP contribution in [0.2, 0.25) is 0 Å². The van der Waals surface area contributed by atoms with Crippen molar-refractivity contribution >= 4 is 23.6 Å². The van der Waals surface area contributed by atoms with Gasteiger partial charge in [-0.1, -0.05) is 27.7 Å². The number of carbonyl (C=O) groups excluding carboxylic acids is 2. The molecule has 0 radical (unpaired) electrons. The van der Waals surface area contributed by atoms with E-state index in [1.807, 2.05) is 27.7 Å². The lowest BCUT2D eigenvalue weighted by Gasteiger charge is -2.44. The second-order valence-electron chi connectivity index (χ2n) is 6.12. The minimum absolute atomic E-state index is 0.0110. The summed E-state index contributed by atoms with van der Waals surface area (Å²) in [5, 5.41) is 2.86. The largest absolute Gasteiger partial charge is 0.342 e. The molecule has 1 N–H and O–H groups in total. The van der Waals surface area contributed by atoms with Crippen LogP contribution in [0.5, 0.6) is 0 Å². The van der Waals surface area contributed by atoms with Gasteiger partial charge in [-0.2, -0.15) is 11.8 Å². The van der Waals surface area contributed by atoms with Crippen LogP contribution in [0.25, 0.3) is 0 Å². The molecule has 2 amide bonds. The van der Waals surface area contributed by atoms with Crippen molar-refractivity contribution < 1.29 is 9.59 Å². The molecular formula is C14H26N2O2S. The van der Waals surface area contributed by atoms with Crippen molar-refractivity contribution in [3.63, 3.8) is 0 Å². The number of amides is 2. The normalized spacial score (nSPS) is 24.6. The van der Waals surface area contributed by atoms with Gasteiger partial charge in [0, 0.05) is 6.54 Å². The summed E-state index contributed by atoms with van der Waals surface area (Å²) in [7, 11) is 0. The minimum Gasteiger partial charge on any atom is -0.342 e. The fourth-order valence-electron chi connectivity index (χ4n) is 2.54. The van der Waals surface area contributed by atoms with E-state index in [9.17, 15) is 9.59 Å². The van der Waals surface area contributed by atoms with Gasteiger partial charge in [0.2, 0.25) is 11.8 Å². The number of hydrogen-bond donors (Lipinski definition) is 1. The Bertz CT molecular complexity index is 339. The van der Waals surface area contributed by atoms with Gasteiger partial charge in [0.05, 0.1) is 0 Å². The highest BCUT2D eigenvalue weighted by atomic mass is 32.2. The van der Waals surface area contributed by atoms with Gasteiger partial charge >= 0.3 is 0 Å². The molecule has 0 bridgehead atoms. The van der Waals surface area contributed by atoms with E-state index in [-0.39, 0.29) is 29.3 Å². The van der Waals surface area contributed by atoms with Gasteiger partial charge in [0.1, 0.15) is 12.1 Å². The van der Waals surface area contributed by atoms with Crippen molar-refractivity contribution in [2.45, 2.75) is 52.6 Å². The van der Waals surface area contributed by atoms with Crippen molar-refractivity contribution in [1.82, 2.24) is 10.2 Å². The minimum atomic E-state index is -0.357. The molecule has 1 aliphatic heterocycles. The van der Waals surface area contributed by atoms with Crippen molar-refractivity contribution in [3.8, 4) is 0 Å². The smallest absolute Gasteiger partial charge is 0.245 e. The Labute approximate surface area is 120 Å². The van der Waals surface area contributed by atoms with Crippen LogP contribution >= 0.6 is 11.8 Å². The SMILES string of the molecule is CCC1NC(=O)C(C(C)(C)C)N(CCCSC)C1=O. The lowest BCUT2D eigenvalue weighted by molar-refractivity contribution is -0.153. The first-order valence-electron chi connectivity index (χ1n) is 6.92. The van der Waals surface area contributed by atoms with Gasteiger partial charge in [-0.05, 0) is 30.3 Å². The molecular weight excluding hydrogens is 260 g/mol. The highest BCUT2D eigenvalue weighted by molar-refractivity contribution is 7.98. The van der Waals surface area contributed by atoms with E-state index in [2.05, 4.69) is 11.6 Å². The molecule has 0 aromatic rings. The summed E-state index contributed by atoms with van der Waals surface area (Å²) in [5.41, 5.74) is -0.238. The average Bonchev–Trinajstić information content (AvgIpc) is 2.31. The first-order chi connectivity index (χ1) is 8.82. The van der Waals surface area contributed by atoms with E-state index >= 15 is 0 Å². The summed E-state index contributed by atoms with van der Waals surface area (Å²) < 4.78 is 0. The van der Waals surface area contributed by atoms with Crippen LogP contribution in [-0.2, 0) is 9.59 Å². The van der Waals surface area contributed by atoms with E-state index in [1.54, 1.807) is 16.7 Å². The lowest BCUT2D eigenvalue weighted by atomic mass is 9.83. The summed E-state index contributed by atoms with van der Waals surface area (Å²) in [5.74, 6) is 1.07. The Hall–Kier alpha value is -0.710. The second-order valence-corrected chi connectivity index (χ2v) is 7.10. The van der Waals surface area contributed by atoms with Crippen LogP contribution in [0.1, 0.15) is 40.5 Å². The molecule has 0 spiro atoms. The topological polar surface area (TPSA) is 49.4 Å². The number of nitrogens with zero attached hydrogens (tertiary/aromatic N) is 1. The predicted octanol–water partition coefficient (Wildman–Crippen LogP) is 1.89. The summed E-state index contributed by atoms with van der Waals surface area (Å²) in [4.78, 5) is 26.5. The Balaban J connectivity index is 2.91. The summed E-state index contributed by atoms with van der Waals surface area (Å²) in [6.07, 6.45) is 3.64. The van der Waals surface area contributed by atoms with Crippen LogP contribution in [0.4, 0.5) is 0 Å². The summed E-state index contributed by atoms with van der Waals surface area (Å²) >= 11 is 1.77. The molecule has 0 aromatic carbocycles. The van der Waals surface area contributed by atoms with Crippen LogP contribution in [-0.4, -0.2) is 47.4 Å². The van der Waals surface area contributed by atoms with E-state index in [0.717, 1.165) is 12.2 Å². The molecule has 0 aromatic heterocycles. The zero-order chi connectivity index (χ0) is 14.6. The van der Waals surface area contributed by atoms with Crippen LogP contribution < -0.4 is 5.32 Å². The van der Waals surface area contributed by atoms with Gasteiger partial charge in [0.15, 0.2) is 0 Å². The monoisotopic (exact) mass is 286 g/mol. The van der Waals surface area contributed by atoms with Gasteiger partial charge < -0.3 is 10.2 Å². The second kappa shape index (κ2) is 6.64. The third-order valence-electron chi connectivity index (χ3n) is 3.43. The predicted molar refractivity (Wildman–Crippen MR) is 80.2 cm³/mol.